The Kier molecular flexibility index (Phi) is 4.55. The van der Waals surface area contributed by atoms with Crippen molar-refractivity contribution in [2.24, 2.45) is 0 Å². The smallest absolute Gasteiger partial charge is 0.129 e. The van der Waals surface area contributed by atoms with Gasteiger partial charge in [0, 0.05) is 25.9 Å². The summed E-state index contributed by atoms with van der Waals surface area (Å²) in [6, 6.07) is 6.25. The summed E-state index contributed by atoms with van der Waals surface area (Å²) in [5.41, 5.74) is 2.12. The molecule has 3 heterocycles. The standard InChI is InChI=1S/C16H20ClN5/c1-11-20-14(8-16(18-2)21-11)15-4-3-7-22(15)10-13-6-5-12(17)9-19-13/h5-6,8-9,15H,3-4,7,10H2,1-2H3,(H,18,20,21)/t15-/m0/s1. The first-order valence-electron chi connectivity index (χ1n) is 7.53. The van der Waals surface area contributed by atoms with Crippen LogP contribution in [0.25, 0.3) is 0 Å². The first kappa shape index (κ1) is 15.2. The molecule has 0 spiro atoms. The summed E-state index contributed by atoms with van der Waals surface area (Å²) >= 11 is 5.90. The Morgan fingerprint density at radius 2 is 2.23 bits per heavy atom. The Morgan fingerprint density at radius 1 is 1.36 bits per heavy atom. The molecular formula is C16H20ClN5. The minimum atomic E-state index is 0.325. The Bertz CT molecular complexity index is 643. The maximum absolute atomic E-state index is 5.90. The first-order chi connectivity index (χ1) is 10.7. The highest BCUT2D eigenvalue weighted by Gasteiger charge is 2.28. The van der Waals surface area contributed by atoms with Crippen molar-refractivity contribution in [1.29, 1.82) is 0 Å². The number of nitrogens with one attached hydrogen (secondary N) is 1. The van der Waals surface area contributed by atoms with E-state index in [2.05, 4.69) is 25.2 Å². The molecule has 2 aromatic heterocycles. The lowest BCUT2D eigenvalue weighted by molar-refractivity contribution is 0.241. The maximum atomic E-state index is 5.90. The fourth-order valence-electron chi connectivity index (χ4n) is 2.95. The Hall–Kier alpha value is -1.72. The molecule has 0 saturated carbocycles. The average molecular weight is 318 g/mol. The van der Waals surface area contributed by atoms with E-state index in [1.807, 2.05) is 32.2 Å². The van der Waals surface area contributed by atoms with Gasteiger partial charge < -0.3 is 5.32 Å². The molecule has 116 valence electrons. The summed E-state index contributed by atoms with van der Waals surface area (Å²) in [4.78, 5) is 15.8. The maximum Gasteiger partial charge on any atom is 0.129 e. The molecule has 0 radical (unpaired) electrons. The average Bonchev–Trinajstić information content (AvgIpc) is 2.97. The second-order valence-electron chi connectivity index (χ2n) is 5.57. The summed E-state index contributed by atoms with van der Waals surface area (Å²) < 4.78 is 0. The number of anilines is 1. The predicted molar refractivity (Wildman–Crippen MR) is 87.9 cm³/mol. The van der Waals surface area contributed by atoms with Gasteiger partial charge in [-0.2, -0.15) is 0 Å². The van der Waals surface area contributed by atoms with Crippen LogP contribution in [-0.2, 0) is 6.54 Å². The van der Waals surface area contributed by atoms with Gasteiger partial charge in [0.25, 0.3) is 0 Å². The van der Waals surface area contributed by atoms with Gasteiger partial charge in [-0.3, -0.25) is 9.88 Å². The van der Waals surface area contributed by atoms with Gasteiger partial charge in [0.2, 0.25) is 0 Å². The van der Waals surface area contributed by atoms with E-state index in [9.17, 15) is 0 Å². The van der Waals surface area contributed by atoms with Crippen LogP contribution in [0.5, 0.6) is 0 Å². The van der Waals surface area contributed by atoms with Crippen LogP contribution in [0, 0.1) is 6.92 Å². The zero-order valence-corrected chi connectivity index (χ0v) is 13.6. The quantitative estimate of drug-likeness (QED) is 0.938. The van der Waals surface area contributed by atoms with Crippen LogP contribution < -0.4 is 5.32 Å². The van der Waals surface area contributed by atoms with Crippen molar-refractivity contribution in [1.82, 2.24) is 19.9 Å². The highest BCUT2D eigenvalue weighted by molar-refractivity contribution is 6.30. The van der Waals surface area contributed by atoms with E-state index in [1.54, 1.807) is 6.20 Å². The molecule has 0 aromatic carbocycles. The predicted octanol–water partition coefficient (Wildman–Crippen LogP) is 3.21. The molecule has 1 aliphatic rings. The molecule has 2 aromatic rings. The highest BCUT2D eigenvalue weighted by atomic mass is 35.5. The van der Waals surface area contributed by atoms with E-state index in [0.717, 1.165) is 42.5 Å². The number of hydrogen-bond acceptors (Lipinski definition) is 5. The van der Waals surface area contributed by atoms with Crippen molar-refractivity contribution in [3.63, 3.8) is 0 Å². The van der Waals surface area contributed by atoms with Crippen molar-refractivity contribution in [2.45, 2.75) is 32.4 Å². The lowest BCUT2D eigenvalue weighted by atomic mass is 10.1. The summed E-state index contributed by atoms with van der Waals surface area (Å²) in [6.07, 6.45) is 4.00. The second-order valence-corrected chi connectivity index (χ2v) is 6.01. The van der Waals surface area contributed by atoms with Crippen LogP contribution in [0.1, 0.15) is 36.1 Å². The number of nitrogens with zero attached hydrogens (tertiary/aromatic N) is 4. The zero-order chi connectivity index (χ0) is 15.5. The number of pyridine rings is 1. The van der Waals surface area contributed by atoms with Gasteiger partial charge >= 0.3 is 0 Å². The molecule has 5 nitrogen and oxygen atoms in total. The molecule has 6 heteroatoms. The number of rotatable bonds is 4. The molecule has 22 heavy (non-hydrogen) atoms. The number of likely N-dealkylation sites (tertiary alicyclic amines) is 1. The lowest BCUT2D eigenvalue weighted by Crippen LogP contribution is -2.24. The summed E-state index contributed by atoms with van der Waals surface area (Å²) in [6.45, 7) is 3.82. The second kappa shape index (κ2) is 6.58. The molecule has 1 aliphatic heterocycles. The molecule has 3 rings (SSSR count). The van der Waals surface area contributed by atoms with Gasteiger partial charge in [-0.25, -0.2) is 9.97 Å². The fourth-order valence-corrected chi connectivity index (χ4v) is 3.06. The third-order valence-corrected chi connectivity index (χ3v) is 4.20. The summed E-state index contributed by atoms with van der Waals surface area (Å²) in [7, 11) is 1.88. The molecular weight excluding hydrogens is 298 g/mol. The van der Waals surface area contributed by atoms with Crippen molar-refractivity contribution >= 4 is 17.4 Å². The number of aryl methyl sites for hydroxylation is 1. The van der Waals surface area contributed by atoms with E-state index < -0.39 is 0 Å². The molecule has 1 N–H and O–H groups in total. The van der Waals surface area contributed by atoms with Crippen LogP contribution in [0.15, 0.2) is 24.4 Å². The largest absolute Gasteiger partial charge is 0.373 e. The number of hydrogen-bond donors (Lipinski definition) is 1. The SMILES string of the molecule is CNc1cc([C@@H]2CCCN2Cc2ccc(Cl)cn2)nc(C)n1. The van der Waals surface area contributed by atoms with Crippen molar-refractivity contribution in [2.75, 3.05) is 18.9 Å². The van der Waals surface area contributed by atoms with Crippen LogP contribution in [0.3, 0.4) is 0 Å². The minimum absolute atomic E-state index is 0.325. The molecule has 0 amide bonds. The van der Waals surface area contributed by atoms with Gasteiger partial charge in [0.05, 0.1) is 22.5 Å². The monoisotopic (exact) mass is 317 g/mol. The molecule has 1 atom stereocenters. The van der Waals surface area contributed by atoms with Gasteiger partial charge in [0.15, 0.2) is 0 Å². The Morgan fingerprint density at radius 3 is 2.95 bits per heavy atom. The van der Waals surface area contributed by atoms with E-state index in [-0.39, 0.29) is 0 Å². The number of aromatic nitrogens is 3. The topological polar surface area (TPSA) is 53.9 Å². The van der Waals surface area contributed by atoms with Crippen molar-refractivity contribution in [3.8, 4) is 0 Å². The number of halogens is 1. The van der Waals surface area contributed by atoms with Gasteiger partial charge in [-0.05, 0) is 38.4 Å². The van der Waals surface area contributed by atoms with Crippen molar-refractivity contribution in [3.05, 3.63) is 46.6 Å². The van der Waals surface area contributed by atoms with Gasteiger partial charge in [0.1, 0.15) is 11.6 Å². The van der Waals surface area contributed by atoms with Crippen LogP contribution >= 0.6 is 11.6 Å². The first-order valence-corrected chi connectivity index (χ1v) is 7.91. The van der Waals surface area contributed by atoms with E-state index in [4.69, 9.17) is 11.6 Å². The normalized spacial score (nSPS) is 18.6. The van der Waals surface area contributed by atoms with Crippen LogP contribution in [-0.4, -0.2) is 33.4 Å². The van der Waals surface area contributed by atoms with E-state index >= 15 is 0 Å². The highest BCUT2D eigenvalue weighted by Crippen LogP contribution is 2.32. The zero-order valence-electron chi connectivity index (χ0n) is 12.9. The summed E-state index contributed by atoms with van der Waals surface area (Å²) in [5.74, 6) is 1.68. The third-order valence-electron chi connectivity index (χ3n) is 3.97. The molecule has 0 unspecified atom stereocenters. The van der Waals surface area contributed by atoms with Crippen LogP contribution in [0.2, 0.25) is 5.02 Å². The van der Waals surface area contributed by atoms with Gasteiger partial charge in [-0.1, -0.05) is 11.6 Å². The summed E-state index contributed by atoms with van der Waals surface area (Å²) in [5, 5.41) is 3.78. The van der Waals surface area contributed by atoms with Crippen LogP contribution in [0.4, 0.5) is 5.82 Å². The minimum Gasteiger partial charge on any atom is -0.373 e. The Labute approximate surface area is 135 Å². The Balaban J connectivity index is 1.80. The van der Waals surface area contributed by atoms with Crippen molar-refractivity contribution < 1.29 is 0 Å². The molecule has 0 aliphatic carbocycles. The lowest BCUT2D eigenvalue weighted by Gasteiger charge is -2.24. The molecule has 1 fully saturated rings. The molecule has 0 bridgehead atoms. The van der Waals surface area contributed by atoms with E-state index in [1.165, 1.54) is 6.42 Å². The third kappa shape index (κ3) is 3.36. The molecule has 1 saturated heterocycles. The fraction of sp³-hybridized carbons (Fsp3) is 0.438. The van der Waals surface area contributed by atoms with E-state index in [0.29, 0.717) is 11.1 Å². The van der Waals surface area contributed by atoms with Gasteiger partial charge in [-0.15, -0.1) is 0 Å².